The summed E-state index contributed by atoms with van der Waals surface area (Å²) in [5.41, 5.74) is 2.47. The van der Waals surface area contributed by atoms with E-state index in [2.05, 4.69) is 36.6 Å². The second kappa shape index (κ2) is 6.85. The summed E-state index contributed by atoms with van der Waals surface area (Å²) in [6.07, 6.45) is 4.75. The molecule has 1 aromatic rings. The van der Waals surface area contributed by atoms with E-state index >= 15 is 0 Å². The minimum absolute atomic E-state index is 0.0949. The van der Waals surface area contributed by atoms with Gasteiger partial charge in [-0.1, -0.05) is 0 Å². The molecule has 20 heavy (non-hydrogen) atoms. The van der Waals surface area contributed by atoms with Gasteiger partial charge in [0.25, 0.3) is 0 Å². The van der Waals surface area contributed by atoms with Gasteiger partial charge in [0.15, 0.2) is 5.82 Å². The number of carbonyl (C=O) groups excluding carboxylic acids is 1. The Bertz CT molecular complexity index is 477. The first-order valence-corrected chi connectivity index (χ1v) is 7.45. The Morgan fingerprint density at radius 1 is 1.35 bits per heavy atom. The number of halogens is 1. The highest BCUT2D eigenvalue weighted by Gasteiger charge is 2.23. The van der Waals surface area contributed by atoms with Crippen LogP contribution in [0, 0.1) is 0 Å². The maximum Gasteiger partial charge on any atom is 0.244 e. The van der Waals surface area contributed by atoms with Crippen molar-refractivity contribution >= 4 is 33.5 Å². The summed E-state index contributed by atoms with van der Waals surface area (Å²) in [6.45, 7) is 3.51. The van der Waals surface area contributed by atoms with Gasteiger partial charge in [-0.05, 0) is 42.1 Å². The SMILES string of the molecule is CC(Nc1ncnc(NN)c1Br)C(=O)N1CCCCC1. The van der Waals surface area contributed by atoms with Gasteiger partial charge in [-0.15, -0.1) is 0 Å². The Hall–Kier alpha value is -1.41. The molecule has 1 aliphatic rings. The lowest BCUT2D eigenvalue weighted by atomic mass is 10.1. The molecule has 4 N–H and O–H groups in total. The van der Waals surface area contributed by atoms with E-state index in [0.29, 0.717) is 16.1 Å². The van der Waals surface area contributed by atoms with Crippen LogP contribution in [-0.4, -0.2) is 39.9 Å². The number of amides is 1. The second-order valence-corrected chi connectivity index (χ2v) is 5.57. The number of likely N-dealkylation sites (tertiary alicyclic amines) is 1. The molecule has 0 aromatic carbocycles. The molecule has 1 fully saturated rings. The minimum Gasteiger partial charge on any atom is -0.358 e. The van der Waals surface area contributed by atoms with Crippen molar-refractivity contribution in [1.82, 2.24) is 14.9 Å². The fourth-order valence-electron chi connectivity index (χ4n) is 2.23. The molecule has 1 aromatic heterocycles. The van der Waals surface area contributed by atoms with E-state index in [1.165, 1.54) is 12.7 Å². The normalized spacial score (nSPS) is 16.6. The summed E-state index contributed by atoms with van der Waals surface area (Å²) in [5, 5.41) is 3.10. The number of aromatic nitrogens is 2. The minimum atomic E-state index is -0.343. The van der Waals surface area contributed by atoms with Crippen LogP contribution in [0.4, 0.5) is 11.6 Å². The quantitative estimate of drug-likeness (QED) is 0.564. The summed E-state index contributed by atoms with van der Waals surface area (Å²) in [7, 11) is 0. The number of rotatable bonds is 4. The Morgan fingerprint density at radius 2 is 2.00 bits per heavy atom. The number of hydrazine groups is 1. The predicted octanol–water partition coefficient (Wildman–Crippen LogP) is 1.34. The van der Waals surface area contributed by atoms with E-state index in [1.54, 1.807) is 0 Å². The Morgan fingerprint density at radius 3 is 2.65 bits per heavy atom. The molecule has 1 saturated heterocycles. The Balaban J connectivity index is 2.03. The van der Waals surface area contributed by atoms with Crippen molar-refractivity contribution in [3.05, 3.63) is 10.8 Å². The largest absolute Gasteiger partial charge is 0.358 e. The standard InChI is InChI=1S/C12H19BrN6O/c1-8(12(20)19-5-3-2-4-6-19)17-10-9(13)11(18-14)16-7-15-10/h7-8H,2-6,14H2,1H3,(H2,15,16,17,18). The highest BCUT2D eigenvalue weighted by atomic mass is 79.9. The molecule has 1 unspecified atom stereocenters. The van der Waals surface area contributed by atoms with Gasteiger partial charge in [0.1, 0.15) is 22.7 Å². The van der Waals surface area contributed by atoms with Crippen molar-refractivity contribution in [3.8, 4) is 0 Å². The molecule has 2 rings (SSSR count). The van der Waals surface area contributed by atoms with Crippen LogP contribution in [0.2, 0.25) is 0 Å². The Kier molecular flexibility index (Phi) is 5.13. The molecule has 110 valence electrons. The van der Waals surface area contributed by atoms with E-state index in [1.807, 2.05) is 11.8 Å². The van der Waals surface area contributed by atoms with Crippen molar-refractivity contribution in [1.29, 1.82) is 0 Å². The highest BCUT2D eigenvalue weighted by molar-refractivity contribution is 9.10. The summed E-state index contributed by atoms with van der Waals surface area (Å²) in [4.78, 5) is 22.3. The average Bonchev–Trinajstić information content (AvgIpc) is 2.49. The van der Waals surface area contributed by atoms with Crippen molar-refractivity contribution < 1.29 is 4.79 Å². The smallest absolute Gasteiger partial charge is 0.244 e. The molecule has 1 atom stereocenters. The van der Waals surface area contributed by atoms with Crippen LogP contribution in [0.15, 0.2) is 10.8 Å². The molecular weight excluding hydrogens is 324 g/mol. The van der Waals surface area contributed by atoms with Crippen LogP contribution in [0.25, 0.3) is 0 Å². The van der Waals surface area contributed by atoms with Gasteiger partial charge in [0.05, 0.1) is 0 Å². The zero-order valence-corrected chi connectivity index (χ0v) is 13.0. The number of anilines is 2. The van der Waals surface area contributed by atoms with Crippen molar-refractivity contribution in [2.24, 2.45) is 5.84 Å². The van der Waals surface area contributed by atoms with Crippen LogP contribution in [-0.2, 0) is 4.79 Å². The summed E-state index contributed by atoms with van der Waals surface area (Å²) in [6, 6.07) is -0.343. The predicted molar refractivity (Wildman–Crippen MR) is 81.1 cm³/mol. The zero-order chi connectivity index (χ0) is 14.5. The van der Waals surface area contributed by atoms with Crippen LogP contribution in [0.1, 0.15) is 26.2 Å². The number of hydrogen-bond acceptors (Lipinski definition) is 6. The van der Waals surface area contributed by atoms with Crippen LogP contribution in [0.3, 0.4) is 0 Å². The molecule has 0 aliphatic carbocycles. The summed E-state index contributed by atoms with van der Waals surface area (Å²) >= 11 is 3.36. The number of nitrogens with two attached hydrogens (primary N) is 1. The second-order valence-electron chi connectivity index (χ2n) is 4.78. The molecular formula is C12H19BrN6O. The van der Waals surface area contributed by atoms with Gasteiger partial charge in [-0.2, -0.15) is 0 Å². The van der Waals surface area contributed by atoms with E-state index < -0.39 is 0 Å². The third-order valence-corrected chi connectivity index (χ3v) is 4.07. The average molecular weight is 343 g/mol. The van der Waals surface area contributed by atoms with Gasteiger partial charge in [-0.3, -0.25) is 4.79 Å². The fourth-order valence-corrected chi connectivity index (χ4v) is 2.66. The fraction of sp³-hybridized carbons (Fsp3) is 0.583. The van der Waals surface area contributed by atoms with Crippen LogP contribution >= 0.6 is 15.9 Å². The molecule has 2 heterocycles. The number of hydrogen-bond donors (Lipinski definition) is 3. The monoisotopic (exact) mass is 342 g/mol. The first-order chi connectivity index (χ1) is 9.63. The number of piperidine rings is 1. The summed E-state index contributed by atoms with van der Waals surface area (Å²) < 4.78 is 0.612. The van der Waals surface area contributed by atoms with Gasteiger partial charge < -0.3 is 15.6 Å². The van der Waals surface area contributed by atoms with E-state index in [-0.39, 0.29) is 11.9 Å². The molecule has 1 aliphatic heterocycles. The molecule has 0 bridgehead atoms. The maximum atomic E-state index is 12.3. The van der Waals surface area contributed by atoms with Gasteiger partial charge >= 0.3 is 0 Å². The topological polar surface area (TPSA) is 96.2 Å². The molecule has 0 spiro atoms. The van der Waals surface area contributed by atoms with Crippen LogP contribution in [0.5, 0.6) is 0 Å². The first-order valence-electron chi connectivity index (χ1n) is 6.66. The highest BCUT2D eigenvalue weighted by Crippen LogP contribution is 2.26. The molecule has 1 amide bonds. The molecule has 0 saturated carbocycles. The summed E-state index contributed by atoms with van der Waals surface area (Å²) in [5.74, 6) is 6.47. The molecule has 7 nitrogen and oxygen atoms in total. The lowest BCUT2D eigenvalue weighted by Gasteiger charge is -2.29. The van der Waals surface area contributed by atoms with E-state index in [0.717, 1.165) is 25.9 Å². The van der Waals surface area contributed by atoms with Gasteiger partial charge in [-0.25, -0.2) is 15.8 Å². The Labute approximate surface area is 126 Å². The van der Waals surface area contributed by atoms with Crippen molar-refractivity contribution in [2.45, 2.75) is 32.2 Å². The van der Waals surface area contributed by atoms with E-state index in [9.17, 15) is 4.79 Å². The third-order valence-electron chi connectivity index (χ3n) is 3.32. The van der Waals surface area contributed by atoms with Crippen molar-refractivity contribution in [3.63, 3.8) is 0 Å². The lowest BCUT2D eigenvalue weighted by molar-refractivity contribution is -0.132. The number of carbonyl (C=O) groups is 1. The third kappa shape index (κ3) is 3.37. The first kappa shape index (κ1) is 15.0. The van der Waals surface area contributed by atoms with Gasteiger partial charge in [0, 0.05) is 13.1 Å². The lowest BCUT2D eigenvalue weighted by Crippen LogP contribution is -2.44. The van der Waals surface area contributed by atoms with Gasteiger partial charge in [0.2, 0.25) is 5.91 Å². The molecule has 8 heteroatoms. The maximum absolute atomic E-state index is 12.3. The van der Waals surface area contributed by atoms with Crippen molar-refractivity contribution in [2.75, 3.05) is 23.8 Å². The molecule has 0 radical (unpaired) electrons. The number of nitrogen functional groups attached to an aromatic ring is 1. The zero-order valence-electron chi connectivity index (χ0n) is 11.4. The number of nitrogens with zero attached hydrogens (tertiary/aromatic N) is 3. The van der Waals surface area contributed by atoms with E-state index in [4.69, 9.17) is 5.84 Å². The number of nitrogens with one attached hydrogen (secondary N) is 2. The van der Waals surface area contributed by atoms with Crippen LogP contribution < -0.4 is 16.6 Å².